The van der Waals surface area contributed by atoms with E-state index in [9.17, 15) is 9.18 Å². The van der Waals surface area contributed by atoms with Gasteiger partial charge in [0, 0.05) is 6.54 Å². The average Bonchev–Trinajstić information content (AvgIpc) is 3.04. The van der Waals surface area contributed by atoms with Crippen molar-refractivity contribution in [3.05, 3.63) is 72.1 Å². The fourth-order valence-corrected chi connectivity index (χ4v) is 4.07. The van der Waals surface area contributed by atoms with Gasteiger partial charge >= 0.3 is 0 Å². The Morgan fingerprint density at radius 3 is 2.57 bits per heavy atom. The topological polar surface area (TPSA) is 63.5 Å². The Kier molecular flexibility index (Phi) is 7.24. The van der Waals surface area contributed by atoms with Crippen LogP contribution < -0.4 is 9.47 Å². The predicted octanol–water partition coefficient (Wildman–Crippen LogP) is 3.91. The van der Waals surface area contributed by atoms with Crippen molar-refractivity contribution in [3.63, 3.8) is 0 Å². The Hall–Kier alpha value is -3.13. The van der Waals surface area contributed by atoms with Crippen LogP contribution in [0.3, 0.4) is 0 Å². The lowest BCUT2D eigenvalue weighted by atomic mass is 10.1. The highest BCUT2D eigenvalue weighted by atomic mass is 32.2. The standard InChI is InChI=1S/C22H22FN3O3S/c1-4-11-26-21(27)20(13-15-5-8-17(23)9-6-15)30-22(26)25-24-14-16-7-10-18(28-2)19(12-16)29-3/h4-10,12,14,20H,1,11,13H2,2-3H3. The van der Waals surface area contributed by atoms with E-state index < -0.39 is 0 Å². The molecule has 1 fully saturated rings. The van der Waals surface area contributed by atoms with Crippen LogP contribution in [0.15, 0.2) is 65.3 Å². The lowest BCUT2D eigenvalue weighted by Gasteiger charge is -2.12. The van der Waals surface area contributed by atoms with Crippen LogP contribution in [0, 0.1) is 5.82 Å². The molecule has 30 heavy (non-hydrogen) atoms. The number of amides is 1. The van der Waals surface area contributed by atoms with Crippen LogP contribution in [0.4, 0.5) is 4.39 Å². The zero-order chi connectivity index (χ0) is 21.5. The number of ether oxygens (including phenoxy) is 2. The second kappa shape index (κ2) is 10.1. The number of thioether (sulfide) groups is 1. The molecule has 6 nitrogen and oxygen atoms in total. The molecule has 1 atom stereocenters. The number of carbonyl (C=O) groups is 1. The van der Waals surface area contributed by atoms with Crippen molar-refractivity contribution in [2.24, 2.45) is 10.2 Å². The summed E-state index contributed by atoms with van der Waals surface area (Å²) in [7, 11) is 3.14. The lowest BCUT2D eigenvalue weighted by Crippen LogP contribution is -2.32. The summed E-state index contributed by atoms with van der Waals surface area (Å²) in [6.45, 7) is 4.05. The number of hydrogen-bond acceptors (Lipinski definition) is 6. The van der Waals surface area contributed by atoms with E-state index >= 15 is 0 Å². The van der Waals surface area contributed by atoms with Crippen LogP contribution in [0.5, 0.6) is 11.5 Å². The molecule has 3 rings (SSSR count). The van der Waals surface area contributed by atoms with Crippen LogP contribution in [0.2, 0.25) is 0 Å². The van der Waals surface area contributed by atoms with Crippen LogP contribution >= 0.6 is 11.8 Å². The van der Waals surface area contributed by atoms with Crippen LogP contribution in [0.1, 0.15) is 11.1 Å². The Morgan fingerprint density at radius 2 is 1.90 bits per heavy atom. The van der Waals surface area contributed by atoms with E-state index in [1.807, 2.05) is 6.07 Å². The number of rotatable bonds is 8. The minimum absolute atomic E-state index is 0.0655. The second-order valence-corrected chi connectivity index (χ2v) is 7.59. The molecule has 1 unspecified atom stereocenters. The van der Waals surface area contributed by atoms with Crippen molar-refractivity contribution in [2.45, 2.75) is 11.7 Å². The molecule has 156 valence electrons. The van der Waals surface area contributed by atoms with Crippen molar-refractivity contribution in [1.82, 2.24) is 4.90 Å². The number of carbonyl (C=O) groups excluding carboxylic acids is 1. The zero-order valence-electron chi connectivity index (χ0n) is 16.7. The molecule has 0 saturated carbocycles. The molecule has 1 aliphatic rings. The van der Waals surface area contributed by atoms with E-state index in [0.717, 1.165) is 11.1 Å². The van der Waals surface area contributed by atoms with Gasteiger partial charge in [0.15, 0.2) is 16.7 Å². The first-order valence-corrected chi connectivity index (χ1v) is 10.1. The maximum Gasteiger partial charge on any atom is 0.242 e. The van der Waals surface area contributed by atoms with Crippen molar-refractivity contribution >= 4 is 29.1 Å². The van der Waals surface area contributed by atoms with Gasteiger partial charge in [0.2, 0.25) is 5.91 Å². The Balaban J connectivity index is 1.76. The first-order valence-electron chi connectivity index (χ1n) is 9.22. The predicted molar refractivity (Wildman–Crippen MR) is 118 cm³/mol. The van der Waals surface area contributed by atoms with Crippen molar-refractivity contribution in [3.8, 4) is 11.5 Å². The first-order chi connectivity index (χ1) is 14.5. The van der Waals surface area contributed by atoms with E-state index in [2.05, 4.69) is 16.8 Å². The van der Waals surface area contributed by atoms with Gasteiger partial charge in [-0.2, -0.15) is 5.10 Å². The molecule has 1 amide bonds. The van der Waals surface area contributed by atoms with E-state index in [1.165, 1.54) is 23.9 Å². The highest BCUT2D eigenvalue weighted by molar-refractivity contribution is 8.15. The summed E-state index contributed by atoms with van der Waals surface area (Å²) < 4.78 is 23.6. The van der Waals surface area contributed by atoms with Crippen molar-refractivity contribution in [1.29, 1.82) is 0 Å². The summed E-state index contributed by atoms with van der Waals surface area (Å²) in [4.78, 5) is 14.3. The fraction of sp³-hybridized carbons (Fsp3) is 0.227. The van der Waals surface area contributed by atoms with Gasteiger partial charge in [-0.1, -0.05) is 30.0 Å². The number of amidine groups is 1. The van der Waals surface area contributed by atoms with E-state index in [1.54, 1.807) is 55.7 Å². The molecule has 0 aromatic heterocycles. The summed E-state index contributed by atoms with van der Waals surface area (Å²) in [5.74, 6) is 0.847. The summed E-state index contributed by atoms with van der Waals surface area (Å²) >= 11 is 1.34. The van der Waals surface area contributed by atoms with Gasteiger partial charge in [0.1, 0.15) is 5.82 Å². The van der Waals surface area contributed by atoms with E-state index in [0.29, 0.717) is 29.6 Å². The molecular weight excluding hydrogens is 405 g/mol. The third kappa shape index (κ3) is 5.07. The second-order valence-electron chi connectivity index (χ2n) is 6.42. The third-order valence-electron chi connectivity index (χ3n) is 4.42. The minimum Gasteiger partial charge on any atom is -0.493 e. The fourth-order valence-electron chi connectivity index (χ4n) is 2.93. The van der Waals surface area contributed by atoms with Gasteiger partial charge in [-0.15, -0.1) is 11.7 Å². The van der Waals surface area contributed by atoms with Gasteiger partial charge in [0.25, 0.3) is 0 Å². The molecule has 2 aromatic rings. The maximum absolute atomic E-state index is 13.1. The first kappa shape index (κ1) is 21.6. The monoisotopic (exact) mass is 427 g/mol. The number of methoxy groups -OCH3 is 2. The third-order valence-corrected chi connectivity index (χ3v) is 5.59. The minimum atomic E-state index is -0.342. The quantitative estimate of drug-likeness (QED) is 0.364. The van der Waals surface area contributed by atoms with Gasteiger partial charge in [-0.3, -0.25) is 9.69 Å². The molecule has 1 aliphatic heterocycles. The van der Waals surface area contributed by atoms with Gasteiger partial charge in [-0.25, -0.2) is 4.39 Å². The SMILES string of the molecule is C=CCN1C(=O)C(Cc2ccc(F)cc2)SC1=NN=Cc1ccc(OC)c(OC)c1. The molecule has 0 spiro atoms. The lowest BCUT2D eigenvalue weighted by molar-refractivity contribution is -0.125. The number of benzene rings is 2. The molecule has 0 aliphatic carbocycles. The van der Waals surface area contributed by atoms with Gasteiger partial charge in [-0.05, 0) is 47.9 Å². The van der Waals surface area contributed by atoms with Crippen LogP contribution in [0.25, 0.3) is 0 Å². The van der Waals surface area contributed by atoms with E-state index in [-0.39, 0.29) is 17.0 Å². The average molecular weight is 428 g/mol. The molecule has 1 heterocycles. The molecule has 1 saturated heterocycles. The molecule has 8 heteroatoms. The zero-order valence-corrected chi connectivity index (χ0v) is 17.6. The Morgan fingerprint density at radius 1 is 1.17 bits per heavy atom. The molecule has 0 bridgehead atoms. The summed E-state index contributed by atoms with van der Waals surface area (Å²) in [5, 5.41) is 8.55. The normalized spacial score (nSPS) is 17.7. The highest BCUT2D eigenvalue weighted by Gasteiger charge is 2.37. The summed E-state index contributed by atoms with van der Waals surface area (Å²) in [5.41, 5.74) is 1.67. The van der Waals surface area contributed by atoms with Crippen molar-refractivity contribution in [2.75, 3.05) is 20.8 Å². The van der Waals surface area contributed by atoms with E-state index in [4.69, 9.17) is 9.47 Å². The van der Waals surface area contributed by atoms with Gasteiger partial charge in [0.05, 0.1) is 25.7 Å². The molecule has 2 aromatic carbocycles. The maximum atomic E-state index is 13.1. The van der Waals surface area contributed by atoms with Gasteiger partial charge < -0.3 is 9.47 Å². The van der Waals surface area contributed by atoms with Crippen LogP contribution in [-0.4, -0.2) is 48.2 Å². The molecule has 0 N–H and O–H groups in total. The highest BCUT2D eigenvalue weighted by Crippen LogP contribution is 2.30. The summed E-state index contributed by atoms with van der Waals surface area (Å²) in [6, 6.07) is 11.6. The number of nitrogens with zero attached hydrogens (tertiary/aromatic N) is 3. The number of halogens is 1. The van der Waals surface area contributed by atoms with Crippen molar-refractivity contribution < 1.29 is 18.7 Å². The largest absolute Gasteiger partial charge is 0.493 e. The van der Waals surface area contributed by atoms with Crippen LogP contribution in [-0.2, 0) is 11.2 Å². The molecular formula is C22H22FN3O3S. The molecule has 0 radical (unpaired) electrons. The smallest absolute Gasteiger partial charge is 0.242 e. The summed E-state index contributed by atoms with van der Waals surface area (Å²) in [6.07, 6.45) is 3.71. The Bertz CT molecular complexity index is 976. The Labute approximate surface area is 179 Å². The number of hydrogen-bond donors (Lipinski definition) is 0.